The number of hydrogen-bond acceptors (Lipinski definition) is 3. The fourth-order valence-electron chi connectivity index (χ4n) is 2.65. The molecule has 24 heavy (non-hydrogen) atoms. The molecule has 0 aromatic heterocycles. The summed E-state index contributed by atoms with van der Waals surface area (Å²) >= 11 is 7.28. The molecule has 0 radical (unpaired) electrons. The number of amides is 2. The van der Waals surface area contributed by atoms with Gasteiger partial charge in [0.05, 0.1) is 6.04 Å². The molecule has 2 amide bonds. The monoisotopic (exact) mass is 368 g/mol. The average molecular weight is 369 g/mol. The molecule has 1 aromatic carbocycles. The van der Waals surface area contributed by atoms with Gasteiger partial charge in [-0.15, -0.1) is 0 Å². The van der Waals surface area contributed by atoms with Crippen LogP contribution in [0.4, 0.5) is 4.79 Å². The fraction of sp³-hybridized carbons (Fsp3) is 0.556. The predicted molar refractivity (Wildman–Crippen MR) is 100 cm³/mol. The van der Waals surface area contributed by atoms with Crippen molar-refractivity contribution in [2.75, 3.05) is 18.8 Å². The normalized spacial score (nSPS) is 15.8. The van der Waals surface area contributed by atoms with Gasteiger partial charge in [0.1, 0.15) is 0 Å². The molecule has 1 N–H and O–H groups in total. The van der Waals surface area contributed by atoms with E-state index in [4.69, 9.17) is 11.6 Å². The molecule has 0 bridgehead atoms. The quantitative estimate of drug-likeness (QED) is 0.735. The number of nitrogens with zero attached hydrogens (tertiary/aromatic N) is 1. The molecule has 0 aliphatic carbocycles. The van der Waals surface area contributed by atoms with Gasteiger partial charge in [-0.05, 0) is 36.5 Å². The van der Waals surface area contributed by atoms with Crippen LogP contribution in [-0.2, 0) is 4.79 Å². The first kappa shape index (κ1) is 19.1. The van der Waals surface area contributed by atoms with E-state index < -0.39 is 0 Å². The summed E-state index contributed by atoms with van der Waals surface area (Å²) < 4.78 is 0. The summed E-state index contributed by atoms with van der Waals surface area (Å²) in [5, 5.41) is 3.89. The van der Waals surface area contributed by atoms with E-state index in [9.17, 15) is 9.59 Å². The zero-order chi connectivity index (χ0) is 17.5. The van der Waals surface area contributed by atoms with Crippen LogP contribution in [0.25, 0.3) is 0 Å². The van der Waals surface area contributed by atoms with Crippen LogP contribution in [0.3, 0.4) is 0 Å². The third kappa shape index (κ3) is 6.02. The second-order valence-electron chi connectivity index (χ2n) is 6.49. The van der Waals surface area contributed by atoms with Crippen molar-refractivity contribution >= 4 is 34.5 Å². The molecule has 1 saturated heterocycles. The molecule has 1 heterocycles. The summed E-state index contributed by atoms with van der Waals surface area (Å²) in [6.07, 6.45) is 2.27. The van der Waals surface area contributed by atoms with Crippen LogP contribution in [0.15, 0.2) is 24.3 Å². The van der Waals surface area contributed by atoms with Crippen molar-refractivity contribution in [3.05, 3.63) is 34.9 Å². The van der Waals surface area contributed by atoms with Crippen molar-refractivity contribution in [1.29, 1.82) is 0 Å². The van der Waals surface area contributed by atoms with E-state index in [2.05, 4.69) is 19.2 Å². The third-order valence-electron chi connectivity index (χ3n) is 4.09. The molecule has 1 aromatic rings. The Labute approximate surface area is 153 Å². The molecule has 2 rings (SSSR count). The minimum Gasteiger partial charge on any atom is -0.349 e. The molecular weight excluding hydrogens is 344 g/mol. The van der Waals surface area contributed by atoms with Crippen LogP contribution in [0.5, 0.6) is 0 Å². The Bertz CT molecular complexity index is 563. The van der Waals surface area contributed by atoms with Gasteiger partial charge in [-0.2, -0.15) is 0 Å². The Morgan fingerprint density at radius 2 is 2.00 bits per heavy atom. The van der Waals surface area contributed by atoms with Gasteiger partial charge in [-0.1, -0.05) is 49.3 Å². The second-order valence-corrected chi connectivity index (χ2v) is 7.98. The van der Waals surface area contributed by atoms with E-state index in [0.717, 1.165) is 30.7 Å². The topological polar surface area (TPSA) is 49.4 Å². The lowest BCUT2D eigenvalue weighted by Gasteiger charge is -2.21. The number of halogens is 1. The molecule has 1 aliphatic rings. The van der Waals surface area contributed by atoms with E-state index in [0.29, 0.717) is 23.9 Å². The highest BCUT2D eigenvalue weighted by molar-refractivity contribution is 8.13. The summed E-state index contributed by atoms with van der Waals surface area (Å²) in [4.78, 5) is 25.7. The summed E-state index contributed by atoms with van der Waals surface area (Å²) in [6.45, 7) is 5.59. The molecule has 1 atom stereocenters. The zero-order valence-corrected chi connectivity index (χ0v) is 15.8. The van der Waals surface area contributed by atoms with Crippen LogP contribution in [-0.4, -0.2) is 34.9 Å². The molecule has 0 spiro atoms. The summed E-state index contributed by atoms with van der Waals surface area (Å²) in [6, 6.07) is 7.63. The van der Waals surface area contributed by atoms with Crippen molar-refractivity contribution in [3.8, 4) is 0 Å². The second kappa shape index (κ2) is 9.33. The largest absolute Gasteiger partial charge is 0.349 e. The maximum atomic E-state index is 12.3. The van der Waals surface area contributed by atoms with Gasteiger partial charge in [0.2, 0.25) is 5.91 Å². The lowest BCUT2D eigenvalue weighted by atomic mass is 9.97. The molecule has 132 valence electrons. The number of thioether (sulfide) groups is 1. The van der Waals surface area contributed by atoms with Gasteiger partial charge in [0.15, 0.2) is 0 Å². The van der Waals surface area contributed by atoms with E-state index >= 15 is 0 Å². The number of rotatable bonds is 8. The Morgan fingerprint density at radius 3 is 2.58 bits per heavy atom. The van der Waals surface area contributed by atoms with Crippen molar-refractivity contribution in [3.63, 3.8) is 0 Å². The Morgan fingerprint density at radius 1 is 1.29 bits per heavy atom. The standard InChI is InChI=1S/C18H25ClN2O2S/c1-13(2)3-8-16(14-4-6-15(19)7-5-14)20-17(22)9-10-21-11-12-24-18(21)23/h4-7,13,16H,3,8-12H2,1-2H3,(H,20,22). The van der Waals surface area contributed by atoms with Gasteiger partial charge >= 0.3 is 0 Å². The smallest absolute Gasteiger partial charge is 0.281 e. The third-order valence-corrected chi connectivity index (χ3v) is 5.24. The van der Waals surface area contributed by atoms with Gasteiger partial charge in [0, 0.05) is 30.3 Å². The molecule has 6 heteroatoms. The van der Waals surface area contributed by atoms with Crippen LogP contribution in [0.2, 0.25) is 5.02 Å². The Hall–Kier alpha value is -1.20. The molecule has 1 fully saturated rings. The van der Waals surface area contributed by atoms with Crippen LogP contribution >= 0.6 is 23.4 Å². The first-order chi connectivity index (χ1) is 11.5. The molecule has 1 unspecified atom stereocenters. The zero-order valence-electron chi connectivity index (χ0n) is 14.3. The van der Waals surface area contributed by atoms with E-state index in [1.807, 2.05) is 24.3 Å². The molecule has 1 aliphatic heterocycles. The van der Waals surface area contributed by atoms with Crippen LogP contribution in [0, 0.1) is 5.92 Å². The van der Waals surface area contributed by atoms with Crippen molar-refractivity contribution in [1.82, 2.24) is 10.2 Å². The predicted octanol–water partition coefficient (Wildman–Crippen LogP) is 4.49. The number of carbonyl (C=O) groups is 2. The SMILES string of the molecule is CC(C)CCC(NC(=O)CCN1CCSC1=O)c1ccc(Cl)cc1. The van der Waals surface area contributed by atoms with Crippen molar-refractivity contribution in [2.45, 2.75) is 39.2 Å². The minimum atomic E-state index is -0.0131. The minimum absolute atomic E-state index is 0.0107. The summed E-state index contributed by atoms with van der Waals surface area (Å²) in [7, 11) is 0. The summed E-state index contributed by atoms with van der Waals surface area (Å²) in [5.74, 6) is 1.39. The van der Waals surface area contributed by atoms with Crippen LogP contribution in [0.1, 0.15) is 44.7 Å². The highest BCUT2D eigenvalue weighted by atomic mass is 35.5. The molecule has 0 saturated carbocycles. The number of nitrogens with one attached hydrogen (secondary N) is 1. The average Bonchev–Trinajstić information content (AvgIpc) is 2.95. The lowest BCUT2D eigenvalue weighted by Crippen LogP contribution is -2.33. The van der Waals surface area contributed by atoms with Gasteiger partial charge in [-0.25, -0.2) is 0 Å². The van der Waals surface area contributed by atoms with Gasteiger partial charge in [-0.3, -0.25) is 9.59 Å². The molecule has 4 nitrogen and oxygen atoms in total. The van der Waals surface area contributed by atoms with Crippen molar-refractivity contribution < 1.29 is 9.59 Å². The highest BCUT2D eigenvalue weighted by Crippen LogP contribution is 2.23. The van der Waals surface area contributed by atoms with E-state index in [-0.39, 0.29) is 17.2 Å². The first-order valence-corrected chi connectivity index (χ1v) is 9.78. The Balaban J connectivity index is 1.92. The number of carbonyl (C=O) groups excluding carboxylic acids is 2. The van der Waals surface area contributed by atoms with Crippen LogP contribution < -0.4 is 5.32 Å². The lowest BCUT2D eigenvalue weighted by molar-refractivity contribution is -0.122. The first-order valence-electron chi connectivity index (χ1n) is 8.42. The van der Waals surface area contributed by atoms with Gasteiger partial charge < -0.3 is 10.2 Å². The maximum Gasteiger partial charge on any atom is 0.281 e. The van der Waals surface area contributed by atoms with Crippen molar-refractivity contribution in [2.24, 2.45) is 5.92 Å². The summed E-state index contributed by atoms with van der Waals surface area (Å²) in [5.41, 5.74) is 1.07. The maximum absolute atomic E-state index is 12.3. The Kier molecular flexibility index (Phi) is 7.43. The van der Waals surface area contributed by atoms with E-state index in [1.54, 1.807) is 4.90 Å². The number of hydrogen-bond donors (Lipinski definition) is 1. The number of benzene rings is 1. The van der Waals surface area contributed by atoms with E-state index in [1.165, 1.54) is 11.8 Å². The fourth-order valence-corrected chi connectivity index (χ4v) is 3.63. The molecular formula is C18H25ClN2O2S. The highest BCUT2D eigenvalue weighted by Gasteiger charge is 2.22. The van der Waals surface area contributed by atoms with Gasteiger partial charge in [0.25, 0.3) is 5.24 Å².